The van der Waals surface area contributed by atoms with Crippen molar-refractivity contribution < 1.29 is 4.79 Å². The quantitative estimate of drug-likeness (QED) is 0.267. The molecule has 4 aromatic heterocycles. The molecule has 0 saturated heterocycles. The van der Waals surface area contributed by atoms with Crippen molar-refractivity contribution >= 4 is 68.1 Å². The summed E-state index contributed by atoms with van der Waals surface area (Å²) in [5.41, 5.74) is 3.77. The van der Waals surface area contributed by atoms with Crippen LogP contribution in [0.4, 0.5) is 29.0 Å². The zero-order chi connectivity index (χ0) is 24.5. The fraction of sp³-hybridized carbons (Fsp3) is 0.0385. The first-order valence-corrected chi connectivity index (χ1v) is 12.1. The number of aromatic nitrogens is 5. The average Bonchev–Trinajstić information content (AvgIpc) is 3.55. The van der Waals surface area contributed by atoms with Crippen LogP contribution in [0.2, 0.25) is 0 Å². The van der Waals surface area contributed by atoms with E-state index in [0.29, 0.717) is 34.4 Å². The number of anilines is 5. The Morgan fingerprint density at radius 1 is 0.889 bits per heavy atom. The van der Waals surface area contributed by atoms with Crippen LogP contribution in [0.1, 0.15) is 6.92 Å². The maximum Gasteiger partial charge on any atom is 0.232 e. The Hall–Kier alpha value is -4.83. The van der Waals surface area contributed by atoms with Crippen LogP contribution in [0.15, 0.2) is 83.9 Å². The summed E-state index contributed by atoms with van der Waals surface area (Å²) in [6, 6.07) is 19.4. The SMILES string of the molecule is CC(=O)Nc1ccc(Nc2nc(Nc3nccc4ccccc34)nc3c2ncn3-c2ccsc2)cc1. The summed E-state index contributed by atoms with van der Waals surface area (Å²) in [6.07, 6.45) is 3.50. The third-order valence-electron chi connectivity index (χ3n) is 5.55. The molecule has 6 rings (SSSR count). The molecule has 0 spiro atoms. The van der Waals surface area contributed by atoms with Gasteiger partial charge in [0.1, 0.15) is 12.1 Å². The van der Waals surface area contributed by atoms with E-state index in [9.17, 15) is 4.79 Å². The van der Waals surface area contributed by atoms with Gasteiger partial charge >= 0.3 is 0 Å². The zero-order valence-corrected chi connectivity index (χ0v) is 20.0. The van der Waals surface area contributed by atoms with E-state index in [2.05, 4.69) is 25.9 Å². The molecule has 0 radical (unpaired) electrons. The smallest absolute Gasteiger partial charge is 0.232 e. The van der Waals surface area contributed by atoms with Gasteiger partial charge in [0.15, 0.2) is 17.0 Å². The summed E-state index contributed by atoms with van der Waals surface area (Å²) in [7, 11) is 0. The summed E-state index contributed by atoms with van der Waals surface area (Å²) in [4.78, 5) is 30.0. The van der Waals surface area contributed by atoms with E-state index in [-0.39, 0.29) is 5.91 Å². The van der Waals surface area contributed by atoms with Gasteiger partial charge in [-0.15, -0.1) is 0 Å². The van der Waals surface area contributed by atoms with Crippen molar-refractivity contribution in [3.63, 3.8) is 0 Å². The van der Waals surface area contributed by atoms with Gasteiger partial charge in [0.2, 0.25) is 11.9 Å². The van der Waals surface area contributed by atoms with E-state index < -0.39 is 0 Å². The number of carbonyl (C=O) groups is 1. The summed E-state index contributed by atoms with van der Waals surface area (Å²) in [5.74, 6) is 1.48. The highest BCUT2D eigenvalue weighted by Gasteiger charge is 2.16. The number of pyridine rings is 1. The van der Waals surface area contributed by atoms with Crippen LogP contribution < -0.4 is 16.0 Å². The lowest BCUT2D eigenvalue weighted by molar-refractivity contribution is -0.114. The van der Waals surface area contributed by atoms with Crippen molar-refractivity contribution in [3.05, 3.63) is 83.9 Å². The Morgan fingerprint density at radius 2 is 1.72 bits per heavy atom. The molecule has 4 heterocycles. The largest absolute Gasteiger partial charge is 0.338 e. The molecule has 0 bridgehead atoms. The van der Waals surface area contributed by atoms with Gasteiger partial charge in [-0.2, -0.15) is 21.3 Å². The topological polar surface area (TPSA) is 110 Å². The Balaban J connectivity index is 1.43. The van der Waals surface area contributed by atoms with Gasteiger partial charge in [0, 0.05) is 35.3 Å². The van der Waals surface area contributed by atoms with E-state index in [1.807, 2.05) is 76.0 Å². The lowest BCUT2D eigenvalue weighted by atomic mass is 10.1. The van der Waals surface area contributed by atoms with Crippen LogP contribution in [0.5, 0.6) is 0 Å². The molecule has 3 N–H and O–H groups in total. The fourth-order valence-electron chi connectivity index (χ4n) is 3.93. The lowest BCUT2D eigenvalue weighted by Crippen LogP contribution is -2.06. The first kappa shape index (κ1) is 21.7. The first-order chi connectivity index (χ1) is 17.6. The highest BCUT2D eigenvalue weighted by atomic mass is 32.1. The highest BCUT2D eigenvalue weighted by molar-refractivity contribution is 7.08. The van der Waals surface area contributed by atoms with Gasteiger partial charge in [-0.3, -0.25) is 9.36 Å². The molecule has 0 aliphatic heterocycles. The van der Waals surface area contributed by atoms with E-state index >= 15 is 0 Å². The molecule has 176 valence electrons. The molecule has 9 nitrogen and oxygen atoms in total. The predicted octanol–water partition coefficient (Wildman–Crippen LogP) is 5.87. The molecule has 0 fully saturated rings. The Labute approximate surface area is 209 Å². The van der Waals surface area contributed by atoms with Gasteiger partial charge in [0.25, 0.3) is 0 Å². The molecule has 0 atom stereocenters. The van der Waals surface area contributed by atoms with E-state index in [1.54, 1.807) is 23.9 Å². The van der Waals surface area contributed by atoms with Crippen molar-refractivity contribution in [1.82, 2.24) is 24.5 Å². The molecule has 10 heteroatoms. The molecule has 1 amide bonds. The van der Waals surface area contributed by atoms with Gasteiger partial charge in [0.05, 0.1) is 5.69 Å². The van der Waals surface area contributed by atoms with Crippen molar-refractivity contribution in [1.29, 1.82) is 0 Å². The van der Waals surface area contributed by atoms with E-state index in [1.165, 1.54) is 6.92 Å². The Bertz CT molecular complexity index is 1690. The molecule has 0 aliphatic carbocycles. The van der Waals surface area contributed by atoms with Crippen LogP contribution in [0.25, 0.3) is 27.6 Å². The van der Waals surface area contributed by atoms with Crippen molar-refractivity contribution in [2.75, 3.05) is 16.0 Å². The molecule has 0 unspecified atom stereocenters. The number of carbonyl (C=O) groups excluding carboxylic acids is 1. The number of fused-ring (bicyclic) bond motifs is 2. The molecular weight excluding hydrogens is 472 g/mol. The van der Waals surface area contributed by atoms with Crippen LogP contribution in [-0.2, 0) is 4.79 Å². The third-order valence-corrected chi connectivity index (χ3v) is 6.22. The Morgan fingerprint density at radius 3 is 2.53 bits per heavy atom. The van der Waals surface area contributed by atoms with Gasteiger partial charge < -0.3 is 16.0 Å². The normalized spacial score (nSPS) is 11.0. The number of thiophene rings is 1. The van der Waals surface area contributed by atoms with Gasteiger partial charge in [-0.05, 0) is 47.2 Å². The molecule has 0 aliphatic rings. The molecule has 36 heavy (non-hydrogen) atoms. The lowest BCUT2D eigenvalue weighted by Gasteiger charge is -2.12. The van der Waals surface area contributed by atoms with Crippen LogP contribution in [0, 0.1) is 0 Å². The zero-order valence-electron chi connectivity index (χ0n) is 19.1. The van der Waals surface area contributed by atoms with Crippen molar-refractivity contribution in [3.8, 4) is 5.69 Å². The van der Waals surface area contributed by atoms with Crippen LogP contribution >= 0.6 is 11.3 Å². The van der Waals surface area contributed by atoms with Gasteiger partial charge in [-0.1, -0.05) is 24.3 Å². The molecular formula is C26H20N8OS. The number of imidazole rings is 1. The van der Waals surface area contributed by atoms with Crippen molar-refractivity contribution in [2.24, 2.45) is 0 Å². The highest BCUT2D eigenvalue weighted by Crippen LogP contribution is 2.29. The summed E-state index contributed by atoms with van der Waals surface area (Å²) >= 11 is 1.60. The second kappa shape index (κ2) is 9.08. The summed E-state index contributed by atoms with van der Waals surface area (Å²) in [6.45, 7) is 1.48. The number of hydrogen-bond donors (Lipinski definition) is 3. The third kappa shape index (κ3) is 4.21. The first-order valence-electron chi connectivity index (χ1n) is 11.2. The number of nitrogens with zero attached hydrogens (tertiary/aromatic N) is 5. The minimum Gasteiger partial charge on any atom is -0.338 e. The predicted molar refractivity (Wildman–Crippen MR) is 144 cm³/mol. The standard InChI is InChI=1S/C26H20N8OS/c1-16(35)29-18-6-8-19(9-7-18)30-24-22-25(34(15-28-22)20-11-13-36-14-20)33-26(32-24)31-23-21-5-3-2-4-17(21)10-12-27-23/h2-15H,1H3,(H,29,35)(H2,27,30,31,32,33). The second-order valence-corrected chi connectivity index (χ2v) is 8.83. The molecule has 2 aromatic carbocycles. The number of amides is 1. The second-order valence-electron chi connectivity index (χ2n) is 8.05. The van der Waals surface area contributed by atoms with Crippen LogP contribution in [-0.4, -0.2) is 30.4 Å². The van der Waals surface area contributed by atoms with Crippen LogP contribution in [0.3, 0.4) is 0 Å². The number of rotatable bonds is 6. The molecule has 6 aromatic rings. The number of hydrogen-bond acceptors (Lipinski definition) is 8. The minimum absolute atomic E-state index is 0.120. The Kier molecular flexibility index (Phi) is 5.47. The monoisotopic (exact) mass is 492 g/mol. The maximum absolute atomic E-state index is 11.3. The average molecular weight is 493 g/mol. The number of benzene rings is 2. The van der Waals surface area contributed by atoms with E-state index in [4.69, 9.17) is 9.97 Å². The minimum atomic E-state index is -0.120. The molecule has 0 saturated carbocycles. The van der Waals surface area contributed by atoms with E-state index in [0.717, 1.165) is 22.1 Å². The summed E-state index contributed by atoms with van der Waals surface area (Å²) < 4.78 is 1.93. The maximum atomic E-state index is 11.3. The number of nitrogens with one attached hydrogen (secondary N) is 3. The summed E-state index contributed by atoms with van der Waals surface area (Å²) in [5, 5.41) is 15.5. The van der Waals surface area contributed by atoms with Crippen molar-refractivity contribution in [2.45, 2.75) is 6.92 Å². The fourth-order valence-corrected chi connectivity index (χ4v) is 4.56. The van der Waals surface area contributed by atoms with Gasteiger partial charge in [-0.25, -0.2) is 9.97 Å².